The quantitative estimate of drug-likeness (QED) is 0.653. The van der Waals surface area contributed by atoms with Crippen molar-refractivity contribution in [2.45, 2.75) is 6.92 Å². The lowest BCUT2D eigenvalue weighted by molar-refractivity contribution is -0.117. The summed E-state index contributed by atoms with van der Waals surface area (Å²) in [6.45, 7) is 6.66. The number of benzene rings is 2. The van der Waals surface area contributed by atoms with E-state index in [2.05, 4.69) is 4.90 Å². The predicted octanol–water partition coefficient (Wildman–Crippen LogP) is 2.68. The van der Waals surface area contributed by atoms with Crippen molar-refractivity contribution in [1.82, 2.24) is 4.90 Å². The van der Waals surface area contributed by atoms with Gasteiger partial charge in [0, 0.05) is 37.9 Å². The van der Waals surface area contributed by atoms with E-state index in [4.69, 9.17) is 15.2 Å². The van der Waals surface area contributed by atoms with Crippen molar-refractivity contribution >= 4 is 23.4 Å². The van der Waals surface area contributed by atoms with Gasteiger partial charge in [-0.3, -0.25) is 9.69 Å². The van der Waals surface area contributed by atoms with E-state index in [1.165, 1.54) is 5.56 Å². The maximum Gasteiger partial charge on any atom is 0.294 e. The SMILES string of the molecule is Cc1ccc(/C=C2/Oc3cc(N)ccc3N(CCN3CCOCC3)C2=O)cc1. The van der Waals surface area contributed by atoms with Crippen molar-refractivity contribution in [3.8, 4) is 5.75 Å². The van der Waals surface area contributed by atoms with Gasteiger partial charge in [0.05, 0.1) is 18.9 Å². The molecule has 0 bridgehead atoms. The molecule has 6 nitrogen and oxygen atoms in total. The Hall–Kier alpha value is -2.83. The van der Waals surface area contributed by atoms with Crippen LogP contribution in [-0.4, -0.2) is 50.2 Å². The fraction of sp³-hybridized carbons (Fsp3) is 0.318. The molecule has 4 rings (SSSR count). The van der Waals surface area contributed by atoms with E-state index in [1.54, 1.807) is 23.1 Å². The Labute approximate surface area is 165 Å². The average molecular weight is 379 g/mol. The summed E-state index contributed by atoms with van der Waals surface area (Å²) in [5, 5.41) is 0. The summed E-state index contributed by atoms with van der Waals surface area (Å²) in [6, 6.07) is 13.4. The normalized spacial score (nSPS) is 18.8. The van der Waals surface area contributed by atoms with Crippen molar-refractivity contribution in [1.29, 1.82) is 0 Å². The number of carbonyl (C=O) groups is 1. The van der Waals surface area contributed by atoms with Gasteiger partial charge in [-0.1, -0.05) is 29.8 Å². The number of ether oxygens (including phenoxy) is 2. The number of morpholine rings is 1. The second-order valence-corrected chi connectivity index (χ2v) is 7.16. The van der Waals surface area contributed by atoms with Crippen LogP contribution in [0.25, 0.3) is 6.08 Å². The van der Waals surface area contributed by atoms with Crippen molar-refractivity contribution in [2.24, 2.45) is 0 Å². The molecule has 0 radical (unpaired) electrons. The first-order valence-electron chi connectivity index (χ1n) is 9.58. The monoisotopic (exact) mass is 379 g/mol. The van der Waals surface area contributed by atoms with Crippen molar-refractivity contribution in [2.75, 3.05) is 50.0 Å². The summed E-state index contributed by atoms with van der Waals surface area (Å²) in [6.07, 6.45) is 1.79. The van der Waals surface area contributed by atoms with E-state index >= 15 is 0 Å². The van der Waals surface area contributed by atoms with Gasteiger partial charge in [-0.05, 0) is 30.7 Å². The number of carbonyl (C=O) groups excluding carboxylic acids is 1. The van der Waals surface area contributed by atoms with Crippen LogP contribution in [0.1, 0.15) is 11.1 Å². The smallest absolute Gasteiger partial charge is 0.294 e. The van der Waals surface area contributed by atoms with Crippen molar-refractivity contribution in [3.05, 3.63) is 59.4 Å². The maximum absolute atomic E-state index is 13.2. The number of nitrogens with zero attached hydrogens (tertiary/aromatic N) is 2. The van der Waals surface area contributed by atoms with E-state index in [0.717, 1.165) is 44.1 Å². The fourth-order valence-electron chi connectivity index (χ4n) is 3.43. The Morgan fingerprint density at radius 1 is 1.07 bits per heavy atom. The predicted molar refractivity (Wildman–Crippen MR) is 110 cm³/mol. The van der Waals surface area contributed by atoms with E-state index in [1.807, 2.05) is 37.3 Å². The molecular weight excluding hydrogens is 354 g/mol. The molecule has 2 aliphatic heterocycles. The highest BCUT2D eigenvalue weighted by Crippen LogP contribution is 2.37. The van der Waals surface area contributed by atoms with E-state index < -0.39 is 0 Å². The molecule has 2 heterocycles. The van der Waals surface area contributed by atoms with Gasteiger partial charge in [-0.15, -0.1) is 0 Å². The number of anilines is 2. The summed E-state index contributed by atoms with van der Waals surface area (Å²) >= 11 is 0. The summed E-state index contributed by atoms with van der Waals surface area (Å²) in [5.41, 5.74) is 9.40. The van der Waals surface area contributed by atoms with Crippen LogP contribution >= 0.6 is 0 Å². The maximum atomic E-state index is 13.2. The third-order valence-corrected chi connectivity index (χ3v) is 5.07. The van der Waals surface area contributed by atoms with Crippen LogP contribution in [0.2, 0.25) is 0 Å². The molecule has 1 fully saturated rings. The number of nitrogen functional groups attached to an aromatic ring is 1. The molecule has 2 N–H and O–H groups in total. The van der Waals surface area contributed by atoms with Crippen molar-refractivity contribution < 1.29 is 14.3 Å². The van der Waals surface area contributed by atoms with Gasteiger partial charge in [0.15, 0.2) is 11.5 Å². The molecule has 2 aromatic carbocycles. The first kappa shape index (κ1) is 18.5. The van der Waals surface area contributed by atoms with Crippen molar-refractivity contribution in [3.63, 3.8) is 0 Å². The summed E-state index contributed by atoms with van der Waals surface area (Å²) in [4.78, 5) is 17.3. The van der Waals surface area contributed by atoms with Crippen LogP contribution in [0.15, 0.2) is 48.2 Å². The Kier molecular flexibility index (Phi) is 5.32. The molecule has 28 heavy (non-hydrogen) atoms. The third kappa shape index (κ3) is 4.03. The standard InChI is InChI=1S/C22H25N3O3/c1-16-2-4-17(5-3-16)14-21-22(26)25(9-8-24-10-12-27-13-11-24)19-7-6-18(23)15-20(19)28-21/h2-7,14-15H,8-13,23H2,1H3/b21-14+. The number of nitrogens with two attached hydrogens (primary N) is 1. The Morgan fingerprint density at radius 2 is 1.82 bits per heavy atom. The molecule has 6 heteroatoms. The van der Waals surface area contributed by atoms with E-state index in [9.17, 15) is 4.79 Å². The number of fused-ring (bicyclic) bond motifs is 1. The van der Waals surface area contributed by atoms with Gasteiger partial charge >= 0.3 is 0 Å². The van der Waals surface area contributed by atoms with Gasteiger partial charge in [0.2, 0.25) is 0 Å². The van der Waals surface area contributed by atoms with Crippen LogP contribution in [0.4, 0.5) is 11.4 Å². The molecule has 0 unspecified atom stereocenters. The highest BCUT2D eigenvalue weighted by atomic mass is 16.5. The van der Waals surface area contributed by atoms with Gasteiger partial charge in [0.1, 0.15) is 0 Å². The minimum Gasteiger partial charge on any atom is -0.449 e. The molecule has 2 aliphatic rings. The zero-order chi connectivity index (χ0) is 19.5. The highest BCUT2D eigenvalue weighted by molar-refractivity contribution is 6.10. The van der Waals surface area contributed by atoms with Crippen LogP contribution < -0.4 is 15.4 Å². The molecule has 0 aromatic heterocycles. The first-order valence-corrected chi connectivity index (χ1v) is 9.58. The number of rotatable bonds is 4. The van der Waals surface area contributed by atoms with Gasteiger partial charge < -0.3 is 20.1 Å². The number of amides is 1. The first-order chi connectivity index (χ1) is 13.6. The number of hydrogen-bond donors (Lipinski definition) is 1. The lowest BCUT2D eigenvalue weighted by atomic mass is 10.1. The topological polar surface area (TPSA) is 68.0 Å². The van der Waals surface area contributed by atoms with Crippen LogP contribution in [-0.2, 0) is 9.53 Å². The van der Waals surface area contributed by atoms with Gasteiger partial charge in [0.25, 0.3) is 5.91 Å². The number of aryl methyl sites for hydroxylation is 1. The molecule has 0 saturated carbocycles. The molecule has 0 aliphatic carbocycles. The second-order valence-electron chi connectivity index (χ2n) is 7.16. The summed E-state index contributed by atoms with van der Waals surface area (Å²) < 4.78 is 11.3. The lowest BCUT2D eigenvalue weighted by Gasteiger charge is -2.33. The third-order valence-electron chi connectivity index (χ3n) is 5.07. The zero-order valence-corrected chi connectivity index (χ0v) is 16.1. The molecular formula is C22H25N3O3. The van der Waals surface area contributed by atoms with Gasteiger partial charge in [-0.25, -0.2) is 0 Å². The number of hydrogen-bond acceptors (Lipinski definition) is 5. The Morgan fingerprint density at radius 3 is 2.57 bits per heavy atom. The summed E-state index contributed by atoms with van der Waals surface area (Å²) in [5.74, 6) is 0.787. The second kappa shape index (κ2) is 8.04. The van der Waals surface area contributed by atoms with Gasteiger partial charge in [-0.2, -0.15) is 0 Å². The fourth-order valence-corrected chi connectivity index (χ4v) is 3.43. The molecule has 1 amide bonds. The lowest BCUT2D eigenvalue weighted by Crippen LogP contribution is -2.45. The minimum absolute atomic E-state index is 0.133. The molecule has 1 saturated heterocycles. The Bertz CT molecular complexity index is 886. The van der Waals surface area contributed by atoms with Crippen LogP contribution in [0.5, 0.6) is 5.75 Å². The molecule has 0 atom stereocenters. The van der Waals surface area contributed by atoms with Crippen LogP contribution in [0, 0.1) is 6.92 Å². The zero-order valence-electron chi connectivity index (χ0n) is 16.1. The van der Waals surface area contributed by atoms with E-state index in [0.29, 0.717) is 23.7 Å². The molecule has 2 aromatic rings. The summed E-state index contributed by atoms with van der Waals surface area (Å²) in [7, 11) is 0. The highest BCUT2D eigenvalue weighted by Gasteiger charge is 2.30. The Balaban J connectivity index is 1.61. The molecule has 0 spiro atoms. The minimum atomic E-state index is -0.133. The van der Waals surface area contributed by atoms with E-state index in [-0.39, 0.29) is 5.91 Å². The van der Waals surface area contributed by atoms with Crippen LogP contribution in [0.3, 0.4) is 0 Å². The molecule has 146 valence electrons. The average Bonchev–Trinajstić information content (AvgIpc) is 2.70. The largest absolute Gasteiger partial charge is 0.449 e.